The first kappa shape index (κ1) is 16.3. The summed E-state index contributed by atoms with van der Waals surface area (Å²) in [5, 5.41) is 9.93. The molecule has 0 heterocycles. The number of Topliss-reactive ketones (excluding diaryl/α,β-unsaturated/α-hetero) is 1. The van der Waals surface area contributed by atoms with E-state index in [0.29, 0.717) is 24.7 Å². The van der Waals surface area contributed by atoms with Gasteiger partial charge in [-0.15, -0.1) is 0 Å². The lowest BCUT2D eigenvalue weighted by Crippen LogP contribution is -2.03. The molecule has 0 radical (unpaired) electrons. The van der Waals surface area contributed by atoms with E-state index < -0.39 is 0 Å². The van der Waals surface area contributed by atoms with Gasteiger partial charge >= 0.3 is 0 Å². The third-order valence-corrected chi connectivity index (χ3v) is 2.97. The van der Waals surface area contributed by atoms with E-state index in [2.05, 4.69) is 6.92 Å². The molecule has 0 amide bonds. The monoisotopic (exact) mass is 280 g/mol. The standard InChI is InChI=1S/C16H24O4/c1-4-6-7-8-9-20-13-10-14(18)16(12(3)17)15(11-13)19-5-2/h10-11,18H,4-9H2,1-3H3. The molecule has 0 spiro atoms. The predicted octanol–water partition coefficient (Wildman–Crippen LogP) is 3.95. The lowest BCUT2D eigenvalue weighted by molar-refractivity contribution is 0.101. The van der Waals surface area contributed by atoms with Gasteiger partial charge < -0.3 is 14.6 Å². The van der Waals surface area contributed by atoms with Gasteiger partial charge in [-0.3, -0.25) is 4.79 Å². The molecular weight excluding hydrogens is 256 g/mol. The van der Waals surface area contributed by atoms with Gasteiger partial charge in [0.1, 0.15) is 22.8 Å². The fraction of sp³-hybridized carbons (Fsp3) is 0.562. The van der Waals surface area contributed by atoms with Crippen molar-refractivity contribution in [2.45, 2.75) is 46.5 Å². The molecule has 1 aromatic rings. The number of rotatable bonds is 9. The van der Waals surface area contributed by atoms with Crippen molar-refractivity contribution < 1.29 is 19.4 Å². The van der Waals surface area contributed by atoms with Crippen LogP contribution in [0.4, 0.5) is 0 Å². The number of ketones is 1. The Morgan fingerprint density at radius 1 is 1.15 bits per heavy atom. The Bertz CT molecular complexity index is 440. The zero-order chi connectivity index (χ0) is 15.0. The number of phenols is 1. The fourth-order valence-electron chi connectivity index (χ4n) is 2.00. The second-order valence-corrected chi connectivity index (χ2v) is 4.71. The van der Waals surface area contributed by atoms with Crippen LogP contribution in [0.1, 0.15) is 56.8 Å². The molecule has 0 aliphatic carbocycles. The van der Waals surface area contributed by atoms with Crippen molar-refractivity contribution >= 4 is 5.78 Å². The summed E-state index contributed by atoms with van der Waals surface area (Å²) in [5.74, 6) is 0.600. The summed E-state index contributed by atoms with van der Waals surface area (Å²) in [6, 6.07) is 3.14. The number of unbranched alkanes of at least 4 members (excludes halogenated alkanes) is 3. The van der Waals surface area contributed by atoms with E-state index in [4.69, 9.17) is 9.47 Å². The molecular formula is C16H24O4. The molecule has 0 aliphatic heterocycles. The first-order valence-electron chi connectivity index (χ1n) is 7.23. The summed E-state index contributed by atoms with van der Waals surface area (Å²) >= 11 is 0. The minimum atomic E-state index is -0.222. The maximum absolute atomic E-state index is 11.5. The molecule has 0 fully saturated rings. The van der Waals surface area contributed by atoms with Crippen LogP contribution in [-0.4, -0.2) is 24.1 Å². The lowest BCUT2D eigenvalue weighted by atomic mass is 10.1. The second kappa shape index (κ2) is 8.46. The van der Waals surface area contributed by atoms with Crippen LogP contribution in [0, 0.1) is 0 Å². The second-order valence-electron chi connectivity index (χ2n) is 4.71. The average molecular weight is 280 g/mol. The smallest absolute Gasteiger partial charge is 0.167 e. The van der Waals surface area contributed by atoms with Crippen LogP contribution in [0.5, 0.6) is 17.2 Å². The number of ether oxygens (including phenoxy) is 2. The fourth-order valence-corrected chi connectivity index (χ4v) is 2.00. The van der Waals surface area contributed by atoms with Gasteiger partial charge in [0.05, 0.1) is 13.2 Å². The predicted molar refractivity (Wildman–Crippen MR) is 78.9 cm³/mol. The Morgan fingerprint density at radius 2 is 1.90 bits per heavy atom. The van der Waals surface area contributed by atoms with Gasteiger partial charge in [-0.1, -0.05) is 26.2 Å². The number of hydrogen-bond donors (Lipinski definition) is 1. The van der Waals surface area contributed by atoms with Crippen molar-refractivity contribution in [3.63, 3.8) is 0 Å². The zero-order valence-corrected chi connectivity index (χ0v) is 12.6. The summed E-state index contributed by atoms with van der Waals surface area (Å²) in [7, 11) is 0. The first-order chi connectivity index (χ1) is 9.60. The van der Waals surface area contributed by atoms with E-state index in [1.165, 1.54) is 25.8 Å². The normalized spacial score (nSPS) is 10.3. The van der Waals surface area contributed by atoms with Crippen LogP contribution >= 0.6 is 0 Å². The van der Waals surface area contributed by atoms with Crippen molar-refractivity contribution in [1.82, 2.24) is 0 Å². The highest BCUT2D eigenvalue weighted by Crippen LogP contribution is 2.34. The Labute approximate surface area is 120 Å². The lowest BCUT2D eigenvalue weighted by Gasteiger charge is -2.13. The van der Waals surface area contributed by atoms with Crippen molar-refractivity contribution in [3.05, 3.63) is 17.7 Å². The summed E-state index contributed by atoms with van der Waals surface area (Å²) < 4.78 is 11.0. The molecule has 0 aliphatic rings. The third-order valence-electron chi connectivity index (χ3n) is 2.97. The third kappa shape index (κ3) is 4.76. The molecule has 0 atom stereocenters. The molecule has 1 N–H and O–H groups in total. The molecule has 0 unspecified atom stereocenters. The minimum absolute atomic E-state index is 0.0907. The number of benzene rings is 1. The minimum Gasteiger partial charge on any atom is -0.507 e. The van der Waals surface area contributed by atoms with Crippen molar-refractivity contribution in [2.75, 3.05) is 13.2 Å². The Morgan fingerprint density at radius 3 is 2.50 bits per heavy atom. The van der Waals surface area contributed by atoms with Gasteiger partial charge in [0.25, 0.3) is 0 Å². The topological polar surface area (TPSA) is 55.8 Å². The van der Waals surface area contributed by atoms with Crippen molar-refractivity contribution in [3.8, 4) is 17.2 Å². The zero-order valence-electron chi connectivity index (χ0n) is 12.6. The van der Waals surface area contributed by atoms with Gasteiger partial charge in [0, 0.05) is 12.1 Å². The average Bonchev–Trinajstić information content (AvgIpc) is 2.38. The SMILES string of the molecule is CCCCCCOc1cc(O)c(C(C)=O)c(OCC)c1. The molecule has 20 heavy (non-hydrogen) atoms. The molecule has 0 bridgehead atoms. The molecule has 4 heteroatoms. The molecule has 4 nitrogen and oxygen atoms in total. The number of carbonyl (C=O) groups excluding carboxylic acids is 1. The number of carbonyl (C=O) groups is 1. The number of phenolic OH excluding ortho intramolecular Hbond substituents is 1. The molecule has 1 rings (SSSR count). The van der Waals surface area contributed by atoms with Gasteiger partial charge in [-0.25, -0.2) is 0 Å². The van der Waals surface area contributed by atoms with Gasteiger partial charge in [0.15, 0.2) is 5.78 Å². The van der Waals surface area contributed by atoms with E-state index in [-0.39, 0.29) is 17.1 Å². The van der Waals surface area contributed by atoms with Crippen LogP contribution in [0.3, 0.4) is 0 Å². The maximum atomic E-state index is 11.5. The molecule has 0 saturated heterocycles. The quantitative estimate of drug-likeness (QED) is 0.549. The highest BCUT2D eigenvalue weighted by molar-refractivity contribution is 5.99. The Kier molecular flexibility index (Phi) is 6.91. The molecule has 112 valence electrons. The number of hydrogen-bond acceptors (Lipinski definition) is 4. The van der Waals surface area contributed by atoms with Gasteiger partial charge in [-0.05, 0) is 20.3 Å². The van der Waals surface area contributed by atoms with Crippen LogP contribution in [0.25, 0.3) is 0 Å². The highest BCUT2D eigenvalue weighted by Gasteiger charge is 2.16. The van der Waals surface area contributed by atoms with E-state index in [9.17, 15) is 9.90 Å². The number of aromatic hydroxyl groups is 1. The Balaban J connectivity index is 2.75. The summed E-state index contributed by atoms with van der Waals surface area (Å²) in [4.78, 5) is 11.5. The molecule has 0 saturated carbocycles. The van der Waals surface area contributed by atoms with E-state index in [1.807, 2.05) is 6.92 Å². The van der Waals surface area contributed by atoms with Gasteiger partial charge in [0.2, 0.25) is 0 Å². The largest absolute Gasteiger partial charge is 0.507 e. The molecule has 0 aromatic heterocycles. The van der Waals surface area contributed by atoms with Crippen LogP contribution in [0.15, 0.2) is 12.1 Å². The van der Waals surface area contributed by atoms with Crippen LogP contribution in [0.2, 0.25) is 0 Å². The highest BCUT2D eigenvalue weighted by atomic mass is 16.5. The maximum Gasteiger partial charge on any atom is 0.167 e. The Hall–Kier alpha value is -1.71. The van der Waals surface area contributed by atoms with Crippen LogP contribution < -0.4 is 9.47 Å². The van der Waals surface area contributed by atoms with E-state index >= 15 is 0 Å². The summed E-state index contributed by atoms with van der Waals surface area (Å²) in [6.45, 7) is 6.43. The van der Waals surface area contributed by atoms with E-state index in [0.717, 1.165) is 12.8 Å². The van der Waals surface area contributed by atoms with Crippen LogP contribution in [-0.2, 0) is 0 Å². The first-order valence-corrected chi connectivity index (χ1v) is 7.23. The molecule has 1 aromatic carbocycles. The summed E-state index contributed by atoms with van der Waals surface area (Å²) in [6.07, 6.45) is 4.49. The summed E-state index contributed by atoms with van der Waals surface area (Å²) in [5.41, 5.74) is 0.213. The van der Waals surface area contributed by atoms with Crippen molar-refractivity contribution in [1.29, 1.82) is 0 Å². The van der Waals surface area contributed by atoms with Gasteiger partial charge in [-0.2, -0.15) is 0 Å². The van der Waals surface area contributed by atoms with E-state index in [1.54, 1.807) is 6.07 Å². The van der Waals surface area contributed by atoms with Crippen molar-refractivity contribution in [2.24, 2.45) is 0 Å².